The number of fused-ring (bicyclic) bond motifs is 2. The summed E-state index contributed by atoms with van der Waals surface area (Å²) in [5.41, 5.74) is 7.91. The van der Waals surface area contributed by atoms with E-state index < -0.39 is 0 Å². The van der Waals surface area contributed by atoms with Crippen LogP contribution in [0.2, 0.25) is 0 Å². The Kier molecular flexibility index (Phi) is 4.28. The van der Waals surface area contributed by atoms with E-state index in [4.69, 9.17) is 22.7 Å². The lowest BCUT2D eigenvalue weighted by atomic mass is 10.0. The molecule has 0 spiro atoms. The van der Waals surface area contributed by atoms with Gasteiger partial charge in [-0.2, -0.15) is 0 Å². The molecule has 2 aromatic rings. The van der Waals surface area contributed by atoms with Crippen molar-refractivity contribution in [2.45, 2.75) is 22.8 Å². The number of methoxy groups -OCH3 is 1. The lowest BCUT2D eigenvalue weighted by Gasteiger charge is -2.30. The summed E-state index contributed by atoms with van der Waals surface area (Å²) in [5.74, 6) is 0.833. The lowest BCUT2D eigenvalue weighted by molar-refractivity contribution is 0.204. The van der Waals surface area contributed by atoms with Gasteiger partial charge in [0.2, 0.25) is 0 Å². The average molecular weight is 332 g/mol. The molecule has 5 nitrogen and oxygen atoms in total. The molecule has 114 valence electrons. The van der Waals surface area contributed by atoms with Gasteiger partial charge in [0.15, 0.2) is 5.82 Å². The second-order valence-electron chi connectivity index (χ2n) is 4.98. The largest absolute Gasteiger partial charge is 0.393 e. The highest BCUT2D eigenvalue weighted by atomic mass is 32.2. The second-order valence-corrected chi connectivity index (χ2v) is 6.49. The van der Waals surface area contributed by atoms with Gasteiger partial charge >= 0.3 is 0 Å². The summed E-state index contributed by atoms with van der Waals surface area (Å²) < 4.78 is 5.34. The molecule has 0 saturated heterocycles. The molecule has 2 N–H and O–H groups in total. The van der Waals surface area contributed by atoms with Crippen LogP contribution in [0.1, 0.15) is 18.4 Å². The second kappa shape index (κ2) is 6.20. The zero-order chi connectivity index (χ0) is 15.7. The van der Waals surface area contributed by atoms with E-state index in [1.807, 2.05) is 11.8 Å². The number of hydrogen-bond donors (Lipinski definition) is 1. The summed E-state index contributed by atoms with van der Waals surface area (Å²) in [7, 11) is 1.67. The van der Waals surface area contributed by atoms with Crippen LogP contribution in [0.15, 0.2) is 40.5 Å². The molecule has 0 amide bonds. The third-order valence-corrected chi connectivity index (χ3v) is 4.97. The van der Waals surface area contributed by atoms with E-state index in [1.54, 1.807) is 31.3 Å². The van der Waals surface area contributed by atoms with Crippen molar-refractivity contribution in [2.75, 3.05) is 18.7 Å². The van der Waals surface area contributed by atoms with E-state index in [2.05, 4.69) is 28.2 Å². The topological polar surface area (TPSA) is 64.3 Å². The maximum absolute atomic E-state index is 5.78. The number of rotatable bonds is 4. The lowest BCUT2D eigenvalue weighted by Crippen LogP contribution is -2.25. The van der Waals surface area contributed by atoms with Gasteiger partial charge < -0.3 is 10.5 Å². The minimum Gasteiger partial charge on any atom is -0.393 e. The van der Waals surface area contributed by atoms with Crippen LogP contribution in [0.4, 0.5) is 11.5 Å². The monoisotopic (exact) mass is 332 g/mol. The van der Waals surface area contributed by atoms with E-state index in [0.717, 1.165) is 27.0 Å². The van der Waals surface area contributed by atoms with Crippen molar-refractivity contribution in [3.05, 3.63) is 36.2 Å². The van der Waals surface area contributed by atoms with Crippen LogP contribution in [0.5, 0.6) is 0 Å². The maximum atomic E-state index is 5.78. The first-order valence-corrected chi connectivity index (χ1v) is 8.03. The molecule has 1 aliphatic rings. The van der Waals surface area contributed by atoms with Gasteiger partial charge in [0, 0.05) is 30.3 Å². The van der Waals surface area contributed by atoms with Gasteiger partial charge in [-0.1, -0.05) is 37.0 Å². The van der Waals surface area contributed by atoms with Crippen LogP contribution >= 0.6 is 24.0 Å². The fourth-order valence-corrected chi connectivity index (χ4v) is 3.44. The van der Waals surface area contributed by atoms with Gasteiger partial charge in [-0.05, 0) is 17.7 Å². The summed E-state index contributed by atoms with van der Waals surface area (Å²) >= 11 is 6.72. The Morgan fingerprint density at radius 2 is 2.18 bits per heavy atom. The van der Waals surface area contributed by atoms with Crippen molar-refractivity contribution >= 4 is 40.5 Å². The van der Waals surface area contributed by atoms with Gasteiger partial charge in [0.1, 0.15) is 11.8 Å². The molecule has 1 aromatic carbocycles. The van der Waals surface area contributed by atoms with Gasteiger partial charge in [0.25, 0.3) is 0 Å². The van der Waals surface area contributed by atoms with Crippen molar-refractivity contribution in [1.29, 1.82) is 0 Å². The Morgan fingerprint density at radius 1 is 1.41 bits per heavy atom. The van der Waals surface area contributed by atoms with Crippen molar-refractivity contribution < 1.29 is 4.74 Å². The molecule has 0 fully saturated rings. The smallest absolute Gasteiger partial charge is 0.168 e. The van der Waals surface area contributed by atoms with E-state index in [1.165, 1.54) is 0 Å². The molecule has 3 rings (SSSR count). The molecule has 0 radical (unpaired) electrons. The van der Waals surface area contributed by atoms with Crippen molar-refractivity contribution in [3.63, 3.8) is 0 Å². The highest BCUT2D eigenvalue weighted by molar-refractivity contribution is 7.99. The first-order valence-electron chi connectivity index (χ1n) is 6.80. The van der Waals surface area contributed by atoms with Crippen LogP contribution in [0.25, 0.3) is 0 Å². The Hall–Kier alpha value is -1.70. The molecule has 7 heteroatoms. The molecule has 1 aliphatic heterocycles. The van der Waals surface area contributed by atoms with Gasteiger partial charge in [0.05, 0.1) is 10.7 Å². The van der Waals surface area contributed by atoms with Crippen LogP contribution < -0.4 is 10.6 Å². The van der Waals surface area contributed by atoms with Crippen molar-refractivity contribution in [3.8, 4) is 0 Å². The van der Waals surface area contributed by atoms with Gasteiger partial charge in [-0.3, -0.25) is 4.90 Å². The summed E-state index contributed by atoms with van der Waals surface area (Å²) in [5, 5.41) is 0.877. The number of nitrogens with two attached hydrogens (primary N) is 1. The molecule has 0 saturated carbocycles. The summed E-state index contributed by atoms with van der Waals surface area (Å²) in [6, 6.07) is 6.23. The van der Waals surface area contributed by atoms with Gasteiger partial charge in [-0.25, -0.2) is 9.97 Å². The molecule has 22 heavy (non-hydrogen) atoms. The van der Waals surface area contributed by atoms with Crippen molar-refractivity contribution in [1.82, 2.24) is 9.97 Å². The number of nitrogens with zero attached hydrogens (tertiary/aromatic N) is 3. The third kappa shape index (κ3) is 2.67. The molecular weight excluding hydrogens is 316 g/mol. The predicted octanol–water partition coefficient (Wildman–Crippen LogP) is 3.07. The van der Waals surface area contributed by atoms with Crippen molar-refractivity contribution in [2.24, 2.45) is 5.73 Å². The van der Waals surface area contributed by atoms with E-state index in [-0.39, 0.29) is 5.92 Å². The quantitative estimate of drug-likeness (QED) is 0.863. The normalized spacial score (nSPS) is 14.2. The minimum absolute atomic E-state index is 0.0259. The maximum Gasteiger partial charge on any atom is 0.168 e. The fraction of sp³-hybridized carbons (Fsp3) is 0.267. The van der Waals surface area contributed by atoms with Crippen LogP contribution in [-0.4, -0.2) is 28.8 Å². The number of benzene rings is 1. The standard InChI is InChI=1S/C15H16N4OS2/c1-9(13(16)21)10-3-4-12-11(7-10)19(8-20-2)14-15(22-12)18-6-5-17-14/h3-7,9H,8H2,1-2H3,(H2,16,21). The Morgan fingerprint density at radius 3 is 2.91 bits per heavy atom. The zero-order valence-electron chi connectivity index (χ0n) is 12.3. The van der Waals surface area contributed by atoms with Crippen LogP contribution in [0.3, 0.4) is 0 Å². The fourth-order valence-electron chi connectivity index (χ4n) is 2.32. The number of anilines is 2. The molecular formula is C15H16N4OS2. The summed E-state index contributed by atoms with van der Waals surface area (Å²) in [6.45, 7) is 2.42. The van der Waals surface area contributed by atoms with E-state index in [0.29, 0.717) is 11.7 Å². The predicted molar refractivity (Wildman–Crippen MR) is 91.8 cm³/mol. The number of hydrogen-bond acceptors (Lipinski definition) is 6. The molecule has 1 atom stereocenters. The van der Waals surface area contributed by atoms with Crippen LogP contribution in [0, 0.1) is 0 Å². The van der Waals surface area contributed by atoms with Gasteiger partial charge in [-0.15, -0.1) is 0 Å². The number of aromatic nitrogens is 2. The molecule has 1 aromatic heterocycles. The highest BCUT2D eigenvalue weighted by Crippen LogP contribution is 2.46. The molecule has 0 aliphatic carbocycles. The van der Waals surface area contributed by atoms with Crippen LogP contribution in [-0.2, 0) is 4.74 Å². The zero-order valence-corrected chi connectivity index (χ0v) is 13.9. The molecule has 0 bridgehead atoms. The summed E-state index contributed by atoms with van der Waals surface area (Å²) in [6.07, 6.45) is 3.39. The first-order chi connectivity index (χ1) is 10.6. The summed E-state index contributed by atoms with van der Waals surface area (Å²) in [4.78, 5) is 12.5. The minimum atomic E-state index is 0.0259. The average Bonchev–Trinajstić information content (AvgIpc) is 2.53. The Bertz CT molecular complexity index is 722. The highest BCUT2D eigenvalue weighted by Gasteiger charge is 2.26. The molecule has 2 heterocycles. The molecule has 1 unspecified atom stereocenters. The number of ether oxygens (including phenoxy) is 1. The third-order valence-electron chi connectivity index (χ3n) is 3.57. The van der Waals surface area contributed by atoms with E-state index in [9.17, 15) is 0 Å². The first kappa shape index (κ1) is 15.2. The SMILES string of the molecule is COCN1c2cc(C(C)C(N)=S)ccc2Sc2nccnc21. The Labute approximate surface area is 138 Å². The number of thiocarbonyl (C=S) groups is 1. The Balaban J connectivity index is 2.08. The van der Waals surface area contributed by atoms with E-state index >= 15 is 0 Å².